The number of furan rings is 1. The first kappa shape index (κ1) is 19.8. The normalized spacial score (nSPS) is 10.4. The highest BCUT2D eigenvalue weighted by molar-refractivity contribution is 9.10. The van der Waals surface area contributed by atoms with Gasteiger partial charge in [-0.05, 0) is 57.9 Å². The number of hydrogen-bond acceptors (Lipinski definition) is 5. The van der Waals surface area contributed by atoms with Crippen molar-refractivity contribution >= 4 is 45.0 Å². The Labute approximate surface area is 171 Å². The molecule has 2 aromatic heterocycles. The zero-order valence-electron chi connectivity index (χ0n) is 14.1. The smallest absolute Gasteiger partial charge is 0.287 e. The van der Waals surface area contributed by atoms with Crippen LogP contribution in [0.3, 0.4) is 0 Å². The van der Waals surface area contributed by atoms with E-state index in [4.69, 9.17) is 4.42 Å². The first-order valence-electron chi connectivity index (χ1n) is 7.91. The highest BCUT2D eigenvalue weighted by Crippen LogP contribution is 2.28. The lowest BCUT2D eigenvalue weighted by atomic mass is 10.2. The summed E-state index contributed by atoms with van der Waals surface area (Å²) < 4.78 is 18.4. The zero-order valence-corrected chi connectivity index (χ0v) is 16.5. The van der Waals surface area contributed by atoms with Gasteiger partial charge in [0, 0.05) is 4.88 Å². The van der Waals surface area contributed by atoms with E-state index in [0.717, 1.165) is 10.4 Å². The molecular formula is C18H13BrFN3O4S. The van der Waals surface area contributed by atoms with Gasteiger partial charge in [-0.3, -0.25) is 25.2 Å². The summed E-state index contributed by atoms with van der Waals surface area (Å²) in [6.45, 7) is -0.345. The maximum atomic E-state index is 13.0. The third-order valence-corrected chi connectivity index (χ3v) is 5.04. The lowest BCUT2D eigenvalue weighted by Crippen LogP contribution is -2.46. The number of benzene rings is 1. The molecule has 0 aliphatic rings. The highest BCUT2D eigenvalue weighted by Gasteiger charge is 2.14. The molecule has 3 rings (SSSR count). The summed E-state index contributed by atoms with van der Waals surface area (Å²) in [5.74, 6) is -1.96. The van der Waals surface area contributed by atoms with Gasteiger partial charge >= 0.3 is 0 Å². The van der Waals surface area contributed by atoms with Crippen LogP contribution in [-0.4, -0.2) is 24.3 Å². The molecule has 0 atom stereocenters. The standard InChI is InChI=1S/C18H13BrFN3O4S/c19-15-8-5-12(27-15)17(25)21-9-16(24)22-23-18(26)14-7-6-13(28-14)10-1-3-11(20)4-2-10/h1-8H,9H2,(H,21,25)(H,22,24)(H,23,26). The molecule has 0 radical (unpaired) electrons. The molecule has 10 heteroatoms. The van der Waals surface area contributed by atoms with Crippen LogP contribution in [0.15, 0.2) is 57.6 Å². The van der Waals surface area contributed by atoms with Gasteiger partial charge in [0.1, 0.15) is 5.82 Å². The molecule has 0 unspecified atom stereocenters. The summed E-state index contributed by atoms with van der Waals surface area (Å²) in [4.78, 5) is 36.8. The summed E-state index contributed by atoms with van der Waals surface area (Å²) in [7, 11) is 0. The van der Waals surface area contributed by atoms with Crippen molar-refractivity contribution in [2.75, 3.05) is 6.54 Å². The number of carbonyl (C=O) groups excluding carboxylic acids is 3. The number of rotatable bonds is 5. The van der Waals surface area contributed by atoms with Crippen molar-refractivity contribution in [3.8, 4) is 10.4 Å². The average molecular weight is 466 g/mol. The average Bonchev–Trinajstić information content (AvgIpc) is 3.34. The van der Waals surface area contributed by atoms with Gasteiger partial charge in [-0.15, -0.1) is 11.3 Å². The number of hydrazine groups is 1. The highest BCUT2D eigenvalue weighted by atomic mass is 79.9. The lowest BCUT2D eigenvalue weighted by Gasteiger charge is -2.06. The fourth-order valence-electron chi connectivity index (χ4n) is 2.15. The van der Waals surface area contributed by atoms with Gasteiger partial charge in [0.2, 0.25) is 0 Å². The van der Waals surface area contributed by atoms with E-state index in [0.29, 0.717) is 9.55 Å². The van der Waals surface area contributed by atoms with Crippen LogP contribution in [0.1, 0.15) is 20.2 Å². The van der Waals surface area contributed by atoms with Crippen molar-refractivity contribution in [1.82, 2.24) is 16.2 Å². The third-order valence-electron chi connectivity index (χ3n) is 3.48. The van der Waals surface area contributed by atoms with Crippen molar-refractivity contribution in [1.29, 1.82) is 0 Å². The Morgan fingerprint density at radius 3 is 2.39 bits per heavy atom. The van der Waals surface area contributed by atoms with Crippen molar-refractivity contribution < 1.29 is 23.2 Å². The zero-order chi connectivity index (χ0) is 20.1. The SMILES string of the molecule is O=C(CNC(=O)c1ccc(Br)o1)NNC(=O)c1ccc(-c2ccc(F)cc2)s1. The van der Waals surface area contributed by atoms with Crippen LogP contribution < -0.4 is 16.2 Å². The van der Waals surface area contributed by atoms with E-state index in [-0.39, 0.29) is 18.1 Å². The Kier molecular flexibility index (Phi) is 6.22. The molecule has 0 aliphatic heterocycles. The van der Waals surface area contributed by atoms with E-state index in [1.54, 1.807) is 30.3 Å². The van der Waals surface area contributed by atoms with Gasteiger partial charge in [0.05, 0.1) is 11.4 Å². The predicted octanol–water partition coefficient (Wildman–Crippen LogP) is 3.10. The topological polar surface area (TPSA) is 100 Å². The molecule has 0 saturated heterocycles. The first-order valence-corrected chi connectivity index (χ1v) is 9.52. The molecule has 0 spiro atoms. The molecule has 0 fully saturated rings. The third kappa shape index (κ3) is 5.05. The van der Waals surface area contributed by atoms with Gasteiger partial charge < -0.3 is 9.73 Å². The second-order valence-corrected chi connectivity index (χ2v) is 7.32. The Bertz CT molecular complexity index is 1020. The molecule has 7 nitrogen and oxygen atoms in total. The molecule has 3 N–H and O–H groups in total. The molecule has 3 amide bonds. The van der Waals surface area contributed by atoms with Gasteiger partial charge in [-0.2, -0.15) is 0 Å². The minimum atomic E-state index is -0.609. The predicted molar refractivity (Wildman–Crippen MR) is 104 cm³/mol. The number of halogens is 2. The van der Waals surface area contributed by atoms with Crippen LogP contribution in [0.5, 0.6) is 0 Å². The van der Waals surface area contributed by atoms with Crippen LogP contribution in [0.4, 0.5) is 4.39 Å². The summed E-state index contributed by atoms with van der Waals surface area (Å²) in [6.07, 6.45) is 0. The molecule has 2 heterocycles. The van der Waals surface area contributed by atoms with Gasteiger partial charge in [0.25, 0.3) is 17.7 Å². The number of carbonyl (C=O) groups is 3. The Balaban J connectivity index is 1.48. The number of hydrogen-bond donors (Lipinski definition) is 3. The van der Waals surface area contributed by atoms with Crippen LogP contribution in [0, 0.1) is 5.82 Å². The van der Waals surface area contributed by atoms with Gasteiger partial charge in [-0.25, -0.2) is 4.39 Å². The van der Waals surface area contributed by atoms with Crippen molar-refractivity contribution in [3.63, 3.8) is 0 Å². The largest absolute Gasteiger partial charge is 0.444 e. The molecule has 28 heavy (non-hydrogen) atoms. The van der Waals surface area contributed by atoms with Crippen LogP contribution in [-0.2, 0) is 4.79 Å². The van der Waals surface area contributed by atoms with Crippen molar-refractivity contribution in [3.05, 3.63) is 69.7 Å². The first-order chi connectivity index (χ1) is 13.4. The molecule has 1 aromatic carbocycles. The number of thiophene rings is 1. The minimum Gasteiger partial charge on any atom is -0.444 e. The van der Waals surface area contributed by atoms with Crippen LogP contribution in [0.2, 0.25) is 0 Å². The number of nitrogens with one attached hydrogen (secondary N) is 3. The second kappa shape index (κ2) is 8.81. The van der Waals surface area contributed by atoms with Crippen molar-refractivity contribution in [2.45, 2.75) is 0 Å². The van der Waals surface area contributed by atoms with E-state index in [2.05, 4.69) is 32.1 Å². The summed E-state index contributed by atoms with van der Waals surface area (Å²) in [5, 5.41) is 2.36. The number of amides is 3. The van der Waals surface area contributed by atoms with Gasteiger partial charge in [-0.1, -0.05) is 12.1 Å². The van der Waals surface area contributed by atoms with Crippen LogP contribution >= 0.6 is 27.3 Å². The molecular weight excluding hydrogens is 453 g/mol. The summed E-state index contributed by atoms with van der Waals surface area (Å²) in [5.41, 5.74) is 5.26. The maximum absolute atomic E-state index is 13.0. The van der Waals surface area contributed by atoms with E-state index < -0.39 is 17.7 Å². The maximum Gasteiger partial charge on any atom is 0.287 e. The molecule has 0 saturated carbocycles. The molecule has 144 valence electrons. The monoisotopic (exact) mass is 465 g/mol. The van der Waals surface area contributed by atoms with E-state index in [9.17, 15) is 18.8 Å². The van der Waals surface area contributed by atoms with E-state index in [1.165, 1.54) is 29.5 Å². The fraction of sp³-hybridized carbons (Fsp3) is 0.0556. The lowest BCUT2D eigenvalue weighted by molar-refractivity contribution is -0.120. The Morgan fingerprint density at radius 2 is 1.71 bits per heavy atom. The summed E-state index contributed by atoms with van der Waals surface area (Å²) >= 11 is 4.27. The Hall–Kier alpha value is -2.98. The fourth-order valence-corrected chi connectivity index (χ4v) is 3.36. The molecule has 0 aliphatic carbocycles. The van der Waals surface area contributed by atoms with Gasteiger partial charge in [0.15, 0.2) is 10.4 Å². The van der Waals surface area contributed by atoms with Crippen molar-refractivity contribution in [2.24, 2.45) is 0 Å². The minimum absolute atomic E-state index is 0.0515. The van der Waals surface area contributed by atoms with E-state index in [1.807, 2.05) is 0 Å². The molecule has 0 bridgehead atoms. The summed E-state index contributed by atoms with van der Waals surface area (Å²) in [6, 6.07) is 12.2. The van der Waals surface area contributed by atoms with Crippen LogP contribution in [0.25, 0.3) is 10.4 Å². The second-order valence-electron chi connectivity index (χ2n) is 5.46. The Morgan fingerprint density at radius 1 is 0.964 bits per heavy atom. The molecule has 3 aromatic rings. The quantitative estimate of drug-likeness (QED) is 0.504. The van der Waals surface area contributed by atoms with E-state index >= 15 is 0 Å².